The second-order valence-electron chi connectivity index (χ2n) is 5.87. The number of anilines is 1. The van der Waals surface area contributed by atoms with Gasteiger partial charge in [0.1, 0.15) is 11.6 Å². The lowest BCUT2D eigenvalue weighted by Gasteiger charge is -2.06. The third-order valence-corrected chi connectivity index (χ3v) is 5.47. The smallest absolute Gasteiger partial charge is 0.256 e. The van der Waals surface area contributed by atoms with Gasteiger partial charge in [-0.25, -0.2) is 4.98 Å². The minimum absolute atomic E-state index is 0.202. The highest BCUT2D eigenvalue weighted by Crippen LogP contribution is 2.30. The lowest BCUT2D eigenvalue weighted by atomic mass is 10.2. The normalized spacial score (nSPS) is 10.9. The molecule has 0 fully saturated rings. The number of aryl methyl sites for hydroxylation is 1. The molecule has 27 heavy (non-hydrogen) atoms. The molecule has 1 N–H and O–H groups in total. The van der Waals surface area contributed by atoms with Gasteiger partial charge in [0.25, 0.3) is 5.91 Å². The quantitative estimate of drug-likeness (QED) is 0.492. The van der Waals surface area contributed by atoms with Crippen LogP contribution in [-0.4, -0.2) is 27.8 Å². The fraction of sp³-hybridized carbons (Fsp3) is 0.105. The molecular formula is C19H15BrN4O2S. The van der Waals surface area contributed by atoms with E-state index in [0.717, 1.165) is 26.1 Å². The first-order valence-corrected chi connectivity index (χ1v) is 9.73. The molecule has 8 heteroatoms. The molecule has 2 aromatic heterocycles. The first-order valence-electron chi connectivity index (χ1n) is 8.12. The summed E-state index contributed by atoms with van der Waals surface area (Å²) in [5.74, 6) is 1.15. The number of aromatic nitrogens is 3. The summed E-state index contributed by atoms with van der Waals surface area (Å²) in [5.41, 5.74) is 2.21. The van der Waals surface area contributed by atoms with Gasteiger partial charge in [-0.3, -0.25) is 4.79 Å². The maximum Gasteiger partial charge on any atom is 0.256 e. The van der Waals surface area contributed by atoms with Crippen LogP contribution < -0.4 is 10.1 Å². The number of ether oxygens (including phenoxy) is 1. The Morgan fingerprint density at radius 2 is 1.96 bits per heavy atom. The number of hydrogen-bond acceptors (Lipinski definition) is 5. The van der Waals surface area contributed by atoms with Crippen LogP contribution in [0.15, 0.2) is 53.0 Å². The van der Waals surface area contributed by atoms with Crippen molar-refractivity contribution in [3.63, 3.8) is 0 Å². The van der Waals surface area contributed by atoms with Crippen molar-refractivity contribution < 1.29 is 9.53 Å². The van der Waals surface area contributed by atoms with Crippen LogP contribution in [-0.2, 0) is 0 Å². The zero-order valence-electron chi connectivity index (χ0n) is 14.6. The second-order valence-corrected chi connectivity index (χ2v) is 7.80. The highest BCUT2D eigenvalue weighted by molar-refractivity contribution is 9.10. The SMILES string of the molecule is COc1ccc2nc(-n3nc(C)cc3NC(=O)c3ccc(Br)cc3)sc2c1. The number of carbonyl (C=O) groups is 1. The summed E-state index contributed by atoms with van der Waals surface area (Å²) in [6.45, 7) is 1.88. The fourth-order valence-electron chi connectivity index (χ4n) is 2.63. The zero-order chi connectivity index (χ0) is 19.0. The van der Waals surface area contributed by atoms with Crippen molar-refractivity contribution in [2.75, 3.05) is 12.4 Å². The van der Waals surface area contributed by atoms with E-state index in [0.29, 0.717) is 16.5 Å². The van der Waals surface area contributed by atoms with E-state index >= 15 is 0 Å². The number of fused-ring (bicyclic) bond motifs is 1. The predicted octanol–water partition coefficient (Wildman–Crippen LogP) is 4.81. The third kappa shape index (κ3) is 3.58. The van der Waals surface area contributed by atoms with Crippen molar-refractivity contribution >= 4 is 49.2 Å². The Labute approximate surface area is 167 Å². The topological polar surface area (TPSA) is 69.0 Å². The second kappa shape index (κ2) is 7.13. The molecular weight excluding hydrogens is 428 g/mol. The summed E-state index contributed by atoms with van der Waals surface area (Å²) >= 11 is 4.86. The minimum atomic E-state index is -0.202. The van der Waals surface area contributed by atoms with Crippen LogP contribution >= 0.6 is 27.3 Å². The summed E-state index contributed by atoms with van der Waals surface area (Å²) in [5, 5.41) is 8.09. The summed E-state index contributed by atoms with van der Waals surface area (Å²) in [7, 11) is 1.63. The van der Waals surface area contributed by atoms with E-state index in [1.54, 1.807) is 23.9 Å². The molecule has 136 valence electrons. The molecule has 0 radical (unpaired) electrons. The molecule has 0 unspecified atom stereocenters. The third-order valence-electron chi connectivity index (χ3n) is 3.95. The largest absolute Gasteiger partial charge is 0.497 e. The standard InChI is InChI=1S/C19H15BrN4O2S/c1-11-9-17(22-18(25)12-3-5-13(20)6-4-12)24(23-11)19-21-15-8-7-14(26-2)10-16(15)27-19/h3-10H,1-2H3,(H,22,25). The molecule has 0 saturated heterocycles. The maximum atomic E-state index is 12.6. The van der Waals surface area contributed by atoms with Gasteiger partial charge in [-0.1, -0.05) is 27.3 Å². The zero-order valence-corrected chi connectivity index (χ0v) is 17.0. The molecule has 6 nitrogen and oxygen atoms in total. The van der Waals surface area contributed by atoms with Crippen molar-refractivity contribution in [2.45, 2.75) is 6.92 Å². The lowest BCUT2D eigenvalue weighted by molar-refractivity contribution is 0.102. The predicted molar refractivity (Wildman–Crippen MR) is 110 cm³/mol. The van der Waals surface area contributed by atoms with Gasteiger partial charge in [0.15, 0.2) is 0 Å². The van der Waals surface area contributed by atoms with Crippen LogP contribution in [0.2, 0.25) is 0 Å². The Bertz CT molecular complexity index is 1130. The molecule has 0 aliphatic rings. The van der Waals surface area contributed by atoms with E-state index in [-0.39, 0.29) is 5.91 Å². The van der Waals surface area contributed by atoms with Crippen LogP contribution in [0.5, 0.6) is 5.75 Å². The average molecular weight is 443 g/mol. The van der Waals surface area contributed by atoms with Gasteiger partial charge in [0.2, 0.25) is 5.13 Å². The van der Waals surface area contributed by atoms with Crippen LogP contribution in [0.3, 0.4) is 0 Å². The van der Waals surface area contributed by atoms with Gasteiger partial charge in [-0.05, 0) is 49.4 Å². The lowest BCUT2D eigenvalue weighted by Crippen LogP contribution is -2.15. The van der Waals surface area contributed by atoms with Crippen LogP contribution in [0, 0.1) is 6.92 Å². The van der Waals surface area contributed by atoms with E-state index in [2.05, 4.69) is 31.3 Å². The minimum Gasteiger partial charge on any atom is -0.497 e. The molecule has 1 amide bonds. The number of halogens is 1. The summed E-state index contributed by atoms with van der Waals surface area (Å²) in [6, 6.07) is 14.7. The molecule has 0 spiro atoms. The van der Waals surface area contributed by atoms with Crippen molar-refractivity contribution in [1.82, 2.24) is 14.8 Å². The molecule has 0 aliphatic heterocycles. The van der Waals surface area contributed by atoms with Crippen molar-refractivity contribution in [3.8, 4) is 10.9 Å². The number of thiazole rings is 1. The van der Waals surface area contributed by atoms with Crippen LogP contribution in [0.4, 0.5) is 5.82 Å². The Balaban J connectivity index is 1.68. The van der Waals surface area contributed by atoms with Gasteiger partial charge >= 0.3 is 0 Å². The number of carbonyl (C=O) groups excluding carboxylic acids is 1. The monoisotopic (exact) mass is 442 g/mol. The van der Waals surface area contributed by atoms with E-state index in [1.165, 1.54) is 11.3 Å². The van der Waals surface area contributed by atoms with E-state index in [1.807, 2.05) is 43.3 Å². The summed E-state index contributed by atoms with van der Waals surface area (Å²) in [4.78, 5) is 17.2. The molecule has 0 saturated carbocycles. The molecule has 4 aromatic rings. The molecule has 2 aromatic carbocycles. The van der Waals surface area contributed by atoms with Crippen LogP contribution in [0.1, 0.15) is 16.1 Å². The Morgan fingerprint density at radius 3 is 2.70 bits per heavy atom. The first-order chi connectivity index (χ1) is 13.0. The fourth-order valence-corrected chi connectivity index (χ4v) is 3.86. The van der Waals surface area contributed by atoms with Crippen molar-refractivity contribution in [3.05, 3.63) is 64.3 Å². The van der Waals surface area contributed by atoms with Gasteiger partial charge in [-0.2, -0.15) is 9.78 Å². The average Bonchev–Trinajstić information content (AvgIpc) is 3.24. The highest BCUT2D eigenvalue weighted by Gasteiger charge is 2.15. The Hall–Kier alpha value is -2.71. The number of benzene rings is 2. The molecule has 0 bridgehead atoms. The van der Waals surface area contributed by atoms with E-state index in [9.17, 15) is 4.79 Å². The first kappa shape index (κ1) is 17.7. The number of nitrogens with one attached hydrogen (secondary N) is 1. The summed E-state index contributed by atoms with van der Waals surface area (Å²) < 4.78 is 8.84. The Morgan fingerprint density at radius 1 is 1.19 bits per heavy atom. The van der Waals surface area contributed by atoms with E-state index in [4.69, 9.17) is 4.74 Å². The number of methoxy groups -OCH3 is 1. The molecule has 0 atom stereocenters. The van der Waals surface area contributed by atoms with Gasteiger partial charge in [0.05, 0.1) is 23.0 Å². The van der Waals surface area contributed by atoms with Crippen molar-refractivity contribution in [2.24, 2.45) is 0 Å². The number of nitrogens with zero attached hydrogens (tertiary/aromatic N) is 3. The van der Waals surface area contributed by atoms with Crippen molar-refractivity contribution in [1.29, 1.82) is 0 Å². The maximum absolute atomic E-state index is 12.6. The van der Waals surface area contributed by atoms with Crippen LogP contribution in [0.25, 0.3) is 15.3 Å². The highest BCUT2D eigenvalue weighted by atomic mass is 79.9. The van der Waals surface area contributed by atoms with E-state index < -0.39 is 0 Å². The molecule has 2 heterocycles. The number of amides is 1. The van der Waals surface area contributed by atoms with Gasteiger partial charge in [0, 0.05) is 16.1 Å². The number of rotatable bonds is 4. The summed E-state index contributed by atoms with van der Waals surface area (Å²) in [6.07, 6.45) is 0. The Kier molecular flexibility index (Phi) is 4.67. The molecule has 0 aliphatic carbocycles. The molecule has 4 rings (SSSR count). The van der Waals surface area contributed by atoms with Gasteiger partial charge in [-0.15, -0.1) is 0 Å². The number of hydrogen-bond donors (Lipinski definition) is 1. The van der Waals surface area contributed by atoms with Gasteiger partial charge < -0.3 is 10.1 Å².